The zero-order valence-corrected chi connectivity index (χ0v) is 12.4. The third-order valence-corrected chi connectivity index (χ3v) is 6.90. The summed E-state index contributed by atoms with van der Waals surface area (Å²) in [6.45, 7) is 2.30. The summed E-state index contributed by atoms with van der Waals surface area (Å²) in [4.78, 5) is 0. The molecule has 3 aliphatic rings. The highest BCUT2D eigenvalue weighted by atomic mass is 16.3. The van der Waals surface area contributed by atoms with Crippen molar-refractivity contribution < 1.29 is 5.11 Å². The smallest absolute Gasteiger partial charge is 0.0599 e. The second-order valence-electron chi connectivity index (χ2n) is 7.26. The van der Waals surface area contributed by atoms with E-state index in [1.807, 2.05) is 0 Å². The van der Waals surface area contributed by atoms with Gasteiger partial charge in [0.1, 0.15) is 0 Å². The van der Waals surface area contributed by atoms with E-state index in [9.17, 15) is 5.11 Å². The molecule has 1 nitrogen and oxygen atoms in total. The second-order valence-corrected chi connectivity index (χ2v) is 7.26. The molecule has 1 N–H and O–H groups in total. The normalized spacial score (nSPS) is 42.7. The Morgan fingerprint density at radius 3 is 3.05 bits per heavy atom. The summed E-state index contributed by atoms with van der Waals surface area (Å²) in [5.74, 6) is 2.33. The standard InChI is InChI=1S/C19H25O/c1-2-19-12-11-15-14-6-4-3-5-13(14)7-8-16(15)17(19)9-10-18(19)20/h4-6,15-18,20H,2,7-12H2,1H3/t15-,16-,17+,18+,19-/m1/s1. The molecule has 3 aliphatic carbocycles. The van der Waals surface area contributed by atoms with Crippen LogP contribution in [-0.4, -0.2) is 11.2 Å². The molecule has 2 saturated carbocycles. The molecule has 1 radical (unpaired) electrons. The highest BCUT2D eigenvalue weighted by Crippen LogP contribution is 2.62. The maximum atomic E-state index is 10.6. The average molecular weight is 269 g/mol. The molecule has 0 aliphatic heterocycles. The van der Waals surface area contributed by atoms with Crippen LogP contribution in [0, 0.1) is 23.3 Å². The van der Waals surface area contributed by atoms with Gasteiger partial charge in [-0.2, -0.15) is 0 Å². The zero-order valence-electron chi connectivity index (χ0n) is 12.4. The van der Waals surface area contributed by atoms with Crippen LogP contribution in [-0.2, 0) is 6.42 Å². The predicted molar refractivity (Wildman–Crippen MR) is 80.5 cm³/mol. The highest BCUT2D eigenvalue weighted by molar-refractivity contribution is 5.34. The van der Waals surface area contributed by atoms with Gasteiger partial charge in [-0.3, -0.25) is 0 Å². The highest BCUT2D eigenvalue weighted by Gasteiger charge is 2.55. The van der Waals surface area contributed by atoms with E-state index < -0.39 is 0 Å². The largest absolute Gasteiger partial charge is 0.393 e. The summed E-state index contributed by atoms with van der Waals surface area (Å²) in [6.07, 6.45) is 8.48. The number of aliphatic hydroxyl groups excluding tert-OH is 1. The molecule has 20 heavy (non-hydrogen) atoms. The number of hydrogen-bond acceptors (Lipinski definition) is 1. The van der Waals surface area contributed by atoms with Crippen LogP contribution < -0.4 is 0 Å². The molecule has 0 saturated heterocycles. The van der Waals surface area contributed by atoms with Crippen LogP contribution in [0.4, 0.5) is 0 Å². The van der Waals surface area contributed by atoms with Crippen LogP contribution >= 0.6 is 0 Å². The number of rotatable bonds is 1. The number of aryl methyl sites for hydroxylation is 1. The molecule has 1 heteroatoms. The van der Waals surface area contributed by atoms with Crippen molar-refractivity contribution in [1.29, 1.82) is 0 Å². The third-order valence-electron chi connectivity index (χ3n) is 6.90. The summed E-state index contributed by atoms with van der Waals surface area (Å²) in [5.41, 5.74) is 3.39. The summed E-state index contributed by atoms with van der Waals surface area (Å²) < 4.78 is 0. The van der Waals surface area contributed by atoms with E-state index in [-0.39, 0.29) is 11.5 Å². The molecule has 1 aromatic carbocycles. The minimum Gasteiger partial charge on any atom is -0.393 e. The van der Waals surface area contributed by atoms with Gasteiger partial charge in [0.15, 0.2) is 0 Å². The maximum Gasteiger partial charge on any atom is 0.0599 e. The van der Waals surface area contributed by atoms with Gasteiger partial charge in [0.2, 0.25) is 0 Å². The minimum absolute atomic E-state index is 0.0380. The van der Waals surface area contributed by atoms with Crippen LogP contribution in [0.3, 0.4) is 0 Å². The van der Waals surface area contributed by atoms with Gasteiger partial charge in [-0.1, -0.05) is 25.1 Å². The SMILES string of the molecule is CC[C@@]12CC[C@@H]3c4cc[c]cc4CC[C@H]3[C@@H]1CC[C@@H]2O. The second kappa shape index (κ2) is 4.59. The molecule has 0 amide bonds. The Labute approximate surface area is 122 Å². The lowest BCUT2D eigenvalue weighted by Crippen LogP contribution is -2.45. The lowest BCUT2D eigenvalue weighted by atomic mass is 9.54. The number of fused-ring (bicyclic) bond motifs is 5. The fourth-order valence-electron chi connectivity index (χ4n) is 5.91. The lowest BCUT2D eigenvalue weighted by molar-refractivity contribution is -0.0394. The summed E-state index contributed by atoms with van der Waals surface area (Å²) in [6, 6.07) is 9.86. The van der Waals surface area contributed by atoms with Gasteiger partial charge < -0.3 is 5.11 Å². The van der Waals surface area contributed by atoms with E-state index in [0.717, 1.165) is 30.6 Å². The van der Waals surface area contributed by atoms with Crippen LogP contribution in [0.15, 0.2) is 18.2 Å². The van der Waals surface area contributed by atoms with Crippen LogP contribution in [0.25, 0.3) is 0 Å². The Balaban J connectivity index is 1.72. The van der Waals surface area contributed by atoms with E-state index >= 15 is 0 Å². The monoisotopic (exact) mass is 269 g/mol. The Kier molecular flexibility index (Phi) is 2.96. The van der Waals surface area contributed by atoms with Crippen molar-refractivity contribution in [1.82, 2.24) is 0 Å². The molecular weight excluding hydrogens is 244 g/mol. The molecule has 0 unspecified atom stereocenters. The van der Waals surface area contributed by atoms with Crippen LogP contribution in [0.2, 0.25) is 0 Å². The Bertz CT molecular complexity index is 508. The van der Waals surface area contributed by atoms with Crippen molar-refractivity contribution >= 4 is 0 Å². The molecule has 1 aromatic rings. The van der Waals surface area contributed by atoms with Crippen LogP contribution in [0.5, 0.6) is 0 Å². The fourth-order valence-corrected chi connectivity index (χ4v) is 5.91. The summed E-state index contributed by atoms with van der Waals surface area (Å²) in [5, 5.41) is 10.6. The summed E-state index contributed by atoms with van der Waals surface area (Å²) in [7, 11) is 0. The van der Waals surface area contributed by atoms with Gasteiger partial charge in [-0.05, 0) is 85.3 Å². The van der Waals surface area contributed by atoms with Gasteiger partial charge in [-0.15, -0.1) is 0 Å². The Morgan fingerprint density at radius 2 is 2.20 bits per heavy atom. The zero-order chi connectivity index (χ0) is 13.7. The van der Waals surface area contributed by atoms with Crippen molar-refractivity contribution in [2.75, 3.05) is 0 Å². The van der Waals surface area contributed by atoms with Crippen molar-refractivity contribution in [3.63, 3.8) is 0 Å². The van der Waals surface area contributed by atoms with Crippen molar-refractivity contribution in [2.24, 2.45) is 17.3 Å². The average Bonchev–Trinajstić information content (AvgIpc) is 2.85. The Hall–Kier alpha value is -0.820. The topological polar surface area (TPSA) is 20.2 Å². The van der Waals surface area contributed by atoms with E-state index in [1.54, 1.807) is 5.56 Å². The molecule has 0 aromatic heterocycles. The lowest BCUT2D eigenvalue weighted by Gasteiger charge is -2.51. The van der Waals surface area contributed by atoms with Gasteiger partial charge in [0.25, 0.3) is 0 Å². The number of aliphatic hydroxyl groups is 1. The van der Waals surface area contributed by atoms with E-state index in [2.05, 4.69) is 31.2 Å². The first-order valence-corrected chi connectivity index (χ1v) is 8.43. The minimum atomic E-state index is -0.0380. The molecule has 4 rings (SSSR count). The fraction of sp³-hybridized carbons (Fsp3) is 0.684. The first-order chi connectivity index (χ1) is 9.76. The molecule has 2 fully saturated rings. The van der Waals surface area contributed by atoms with Crippen molar-refractivity contribution in [3.05, 3.63) is 35.4 Å². The first-order valence-electron chi connectivity index (χ1n) is 8.43. The van der Waals surface area contributed by atoms with E-state index in [0.29, 0.717) is 0 Å². The van der Waals surface area contributed by atoms with E-state index in [4.69, 9.17) is 0 Å². The van der Waals surface area contributed by atoms with Gasteiger partial charge in [0.05, 0.1) is 6.10 Å². The van der Waals surface area contributed by atoms with Gasteiger partial charge >= 0.3 is 0 Å². The number of benzene rings is 1. The van der Waals surface area contributed by atoms with E-state index in [1.165, 1.54) is 37.7 Å². The quantitative estimate of drug-likeness (QED) is 0.814. The molecule has 0 heterocycles. The van der Waals surface area contributed by atoms with Crippen molar-refractivity contribution in [2.45, 2.75) is 63.9 Å². The first kappa shape index (κ1) is 12.9. The predicted octanol–water partition coefficient (Wildman–Crippen LogP) is 4.09. The third kappa shape index (κ3) is 1.59. The van der Waals surface area contributed by atoms with Crippen LogP contribution in [0.1, 0.15) is 62.5 Å². The van der Waals surface area contributed by atoms with Crippen molar-refractivity contribution in [3.8, 4) is 0 Å². The molecule has 0 bridgehead atoms. The maximum absolute atomic E-state index is 10.6. The molecule has 0 spiro atoms. The number of hydrogen-bond donors (Lipinski definition) is 1. The Morgan fingerprint density at radius 1 is 1.30 bits per heavy atom. The molecule has 5 atom stereocenters. The van der Waals surface area contributed by atoms with Gasteiger partial charge in [-0.25, -0.2) is 0 Å². The molecular formula is C19H25O. The summed E-state index contributed by atoms with van der Waals surface area (Å²) >= 11 is 0. The van der Waals surface area contributed by atoms with Gasteiger partial charge in [0, 0.05) is 0 Å². The molecule has 107 valence electrons.